The van der Waals surface area contributed by atoms with Crippen LogP contribution in [0.4, 0.5) is 0 Å². The molecular weight excluding hydrogens is 324 g/mol. The van der Waals surface area contributed by atoms with Crippen LogP contribution in [0.2, 0.25) is 0 Å². The van der Waals surface area contributed by atoms with Gasteiger partial charge in [0.05, 0.1) is 0 Å². The van der Waals surface area contributed by atoms with Crippen molar-refractivity contribution in [2.45, 2.75) is 38.1 Å². The summed E-state index contributed by atoms with van der Waals surface area (Å²) in [5.41, 5.74) is 5.30. The molecule has 21 heavy (non-hydrogen) atoms. The van der Waals surface area contributed by atoms with Gasteiger partial charge >= 0.3 is 0 Å². The van der Waals surface area contributed by atoms with Crippen LogP contribution in [-0.4, -0.2) is 12.0 Å². The third-order valence-electron chi connectivity index (χ3n) is 4.51. The van der Waals surface area contributed by atoms with Crippen molar-refractivity contribution in [2.75, 3.05) is 7.05 Å². The zero-order valence-corrected chi connectivity index (χ0v) is 14.2. The molecule has 0 bridgehead atoms. The predicted octanol–water partition coefficient (Wildman–Crippen LogP) is 4.53. The van der Waals surface area contributed by atoms with Gasteiger partial charge in [-0.2, -0.15) is 0 Å². The third kappa shape index (κ3) is 2.90. The Hall–Kier alpha value is -1.19. The van der Waals surface area contributed by atoms with Gasteiger partial charge in [-0.05, 0) is 62.1 Å². The van der Waals surface area contributed by atoms with Gasteiger partial charge in [0.15, 0.2) is 0 Å². The molecule has 3 heteroatoms. The molecule has 0 fully saturated rings. The SMILES string of the molecule is CNC(c1ccc(C)c(Br)c1)C1CCCc2cccnc21. The molecule has 0 spiro atoms. The summed E-state index contributed by atoms with van der Waals surface area (Å²) in [5, 5.41) is 3.51. The number of hydrogen-bond acceptors (Lipinski definition) is 2. The van der Waals surface area contributed by atoms with Crippen molar-refractivity contribution < 1.29 is 0 Å². The molecule has 1 aliphatic rings. The molecule has 1 N–H and O–H groups in total. The molecule has 2 nitrogen and oxygen atoms in total. The number of nitrogens with one attached hydrogen (secondary N) is 1. The molecule has 0 amide bonds. The summed E-state index contributed by atoms with van der Waals surface area (Å²) < 4.78 is 1.18. The summed E-state index contributed by atoms with van der Waals surface area (Å²) in [4.78, 5) is 4.68. The summed E-state index contributed by atoms with van der Waals surface area (Å²) in [6, 6.07) is 11.3. The minimum atomic E-state index is 0.316. The lowest BCUT2D eigenvalue weighted by atomic mass is 9.79. The van der Waals surface area contributed by atoms with Gasteiger partial charge in [0.1, 0.15) is 0 Å². The number of rotatable bonds is 3. The lowest BCUT2D eigenvalue weighted by Gasteiger charge is -2.31. The zero-order valence-electron chi connectivity index (χ0n) is 12.6. The summed E-state index contributed by atoms with van der Waals surface area (Å²) in [7, 11) is 2.05. The number of pyridine rings is 1. The molecule has 0 saturated carbocycles. The van der Waals surface area contributed by atoms with Crippen LogP contribution in [0.3, 0.4) is 0 Å². The molecule has 1 aromatic heterocycles. The quantitative estimate of drug-likeness (QED) is 0.884. The van der Waals surface area contributed by atoms with Crippen molar-refractivity contribution in [1.29, 1.82) is 0 Å². The molecule has 0 aliphatic heterocycles. The van der Waals surface area contributed by atoms with Crippen LogP contribution in [0.15, 0.2) is 41.0 Å². The summed E-state index contributed by atoms with van der Waals surface area (Å²) in [5.74, 6) is 0.453. The number of benzene rings is 1. The van der Waals surface area contributed by atoms with Crippen LogP contribution in [0, 0.1) is 6.92 Å². The highest BCUT2D eigenvalue weighted by Crippen LogP contribution is 2.39. The number of halogens is 1. The standard InChI is InChI=1S/C18H21BrN2/c1-12-8-9-14(11-16(12)19)17(20-2)15-7-3-5-13-6-4-10-21-18(13)15/h4,6,8-11,15,17,20H,3,5,7H2,1-2H3. The Morgan fingerprint density at radius 3 is 2.95 bits per heavy atom. The second-order valence-corrected chi connectivity index (χ2v) is 6.68. The molecule has 0 saturated heterocycles. The van der Waals surface area contributed by atoms with Gasteiger partial charge in [-0.25, -0.2) is 0 Å². The monoisotopic (exact) mass is 344 g/mol. The van der Waals surface area contributed by atoms with Crippen molar-refractivity contribution >= 4 is 15.9 Å². The zero-order chi connectivity index (χ0) is 14.8. The van der Waals surface area contributed by atoms with Crippen molar-refractivity contribution in [1.82, 2.24) is 10.3 Å². The van der Waals surface area contributed by atoms with Crippen molar-refractivity contribution in [2.24, 2.45) is 0 Å². The number of aromatic nitrogens is 1. The molecule has 3 rings (SSSR count). The fourth-order valence-corrected chi connectivity index (χ4v) is 3.77. The first-order valence-electron chi connectivity index (χ1n) is 7.58. The predicted molar refractivity (Wildman–Crippen MR) is 90.6 cm³/mol. The maximum atomic E-state index is 4.68. The average molecular weight is 345 g/mol. The fourth-order valence-electron chi connectivity index (χ4n) is 3.37. The van der Waals surface area contributed by atoms with E-state index in [-0.39, 0.29) is 0 Å². The van der Waals surface area contributed by atoms with Gasteiger partial charge in [0.25, 0.3) is 0 Å². The molecular formula is C18H21BrN2. The van der Waals surface area contributed by atoms with Gasteiger partial charge in [-0.3, -0.25) is 4.98 Å². The van der Waals surface area contributed by atoms with Gasteiger partial charge in [-0.15, -0.1) is 0 Å². The van der Waals surface area contributed by atoms with Crippen LogP contribution >= 0.6 is 15.9 Å². The number of aryl methyl sites for hydroxylation is 2. The highest BCUT2D eigenvalue weighted by molar-refractivity contribution is 9.10. The van der Waals surface area contributed by atoms with Crippen LogP contribution in [0.25, 0.3) is 0 Å². The maximum Gasteiger partial charge on any atom is 0.0485 e. The van der Waals surface area contributed by atoms with Crippen molar-refractivity contribution in [3.8, 4) is 0 Å². The van der Waals surface area contributed by atoms with E-state index in [1.807, 2.05) is 6.20 Å². The number of fused-ring (bicyclic) bond motifs is 1. The molecule has 0 radical (unpaired) electrons. The minimum absolute atomic E-state index is 0.316. The van der Waals surface area contributed by atoms with E-state index in [0.29, 0.717) is 12.0 Å². The Morgan fingerprint density at radius 1 is 1.33 bits per heavy atom. The van der Waals surface area contributed by atoms with Gasteiger partial charge in [-0.1, -0.05) is 34.1 Å². The van der Waals surface area contributed by atoms with Crippen LogP contribution in [0.5, 0.6) is 0 Å². The molecule has 1 heterocycles. The Balaban J connectivity index is 1.99. The Labute approximate surface area is 135 Å². The first-order chi connectivity index (χ1) is 10.2. The maximum absolute atomic E-state index is 4.68. The fraction of sp³-hybridized carbons (Fsp3) is 0.389. The molecule has 1 aromatic carbocycles. The van der Waals surface area contributed by atoms with Crippen molar-refractivity contribution in [3.05, 3.63) is 63.4 Å². The van der Waals surface area contributed by atoms with E-state index >= 15 is 0 Å². The van der Waals surface area contributed by atoms with E-state index in [1.165, 1.54) is 39.7 Å². The molecule has 1 aliphatic carbocycles. The lowest BCUT2D eigenvalue weighted by molar-refractivity contribution is 0.415. The van der Waals surface area contributed by atoms with Crippen LogP contribution in [0.1, 0.15) is 47.2 Å². The molecule has 2 aromatic rings. The Kier molecular flexibility index (Phi) is 4.41. The number of hydrogen-bond donors (Lipinski definition) is 1. The average Bonchev–Trinajstić information content (AvgIpc) is 2.52. The highest BCUT2D eigenvalue weighted by atomic mass is 79.9. The minimum Gasteiger partial charge on any atom is -0.312 e. The van der Waals surface area contributed by atoms with Gasteiger partial charge in [0, 0.05) is 28.3 Å². The molecule has 2 atom stereocenters. The van der Waals surface area contributed by atoms with Gasteiger partial charge in [0.2, 0.25) is 0 Å². The summed E-state index contributed by atoms with van der Waals surface area (Å²) >= 11 is 3.66. The van der Waals surface area contributed by atoms with E-state index in [0.717, 1.165) is 6.42 Å². The van der Waals surface area contributed by atoms with E-state index in [4.69, 9.17) is 0 Å². The topological polar surface area (TPSA) is 24.9 Å². The lowest BCUT2D eigenvalue weighted by Crippen LogP contribution is -2.27. The normalized spacial score (nSPS) is 19.1. The van der Waals surface area contributed by atoms with E-state index in [2.05, 4.69) is 70.5 Å². The molecule has 110 valence electrons. The first-order valence-corrected chi connectivity index (χ1v) is 8.37. The van der Waals surface area contributed by atoms with Crippen LogP contribution < -0.4 is 5.32 Å². The Bertz CT molecular complexity index is 639. The summed E-state index contributed by atoms with van der Waals surface area (Å²) in [6.07, 6.45) is 5.53. The largest absolute Gasteiger partial charge is 0.312 e. The van der Waals surface area contributed by atoms with Crippen molar-refractivity contribution in [3.63, 3.8) is 0 Å². The van der Waals surface area contributed by atoms with E-state index in [1.54, 1.807) is 0 Å². The number of likely N-dealkylation sites (N-methyl/N-ethyl adjacent to an activating group) is 1. The third-order valence-corrected chi connectivity index (χ3v) is 5.36. The highest BCUT2D eigenvalue weighted by Gasteiger charge is 2.29. The van der Waals surface area contributed by atoms with E-state index < -0.39 is 0 Å². The van der Waals surface area contributed by atoms with Gasteiger partial charge < -0.3 is 5.32 Å². The second-order valence-electron chi connectivity index (χ2n) is 5.82. The number of nitrogens with zero attached hydrogens (tertiary/aromatic N) is 1. The second kappa shape index (κ2) is 6.29. The Morgan fingerprint density at radius 2 is 2.19 bits per heavy atom. The first kappa shape index (κ1) is 14.7. The smallest absolute Gasteiger partial charge is 0.0485 e. The molecule has 2 unspecified atom stereocenters. The van der Waals surface area contributed by atoms with Crippen LogP contribution in [-0.2, 0) is 6.42 Å². The van der Waals surface area contributed by atoms with E-state index in [9.17, 15) is 0 Å². The summed E-state index contributed by atoms with van der Waals surface area (Å²) in [6.45, 7) is 2.12.